The lowest BCUT2D eigenvalue weighted by atomic mass is 9.79. The quantitative estimate of drug-likeness (QED) is 0.878. The summed E-state index contributed by atoms with van der Waals surface area (Å²) in [6, 6.07) is 7.75. The standard InChI is InChI=1S/C17H19NO3S/c19-17(9-13-4-2-5-14(10-17)22(13,20)21)16-6-1-3-12-7-8-18-11-15(12)16/h1,3,6-8,11,13-14,19H,2,4-5,9-10H2. The van der Waals surface area contributed by atoms with Crippen LogP contribution in [0.5, 0.6) is 0 Å². The second-order valence-corrected chi connectivity index (χ2v) is 9.12. The monoisotopic (exact) mass is 317 g/mol. The molecule has 2 atom stereocenters. The molecule has 0 radical (unpaired) electrons. The SMILES string of the molecule is O=S1(=O)C2CCCC1CC(O)(c1cccc3ccncc13)C2. The first-order chi connectivity index (χ1) is 10.5. The highest BCUT2D eigenvalue weighted by molar-refractivity contribution is 7.92. The largest absolute Gasteiger partial charge is 0.385 e. The van der Waals surface area contributed by atoms with E-state index < -0.39 is 25.9 Å². The van der Waals surface area contributed by atoms with E-state index in [1.165, 1.54) is 0 Å². The number of rotatable bonds is 1. The molecule has 2 aromatic rings. The first kappa shape index (κ1) is 14.2. The van der Waals surface area contributed by atoms with Crippen LogP contribution in [0.25, 0.3) is 10.8 Å². The summed E-state index contributed by atoms with van der Waals surface area (Å²) in [6.07, 6.45) is 6.40. The average Bonchev–Trinajstić information content (AvgIpc) is 2.48. The fourth-order valence-corrected chi connectivity index (χ4v) is 6.74. The predicted molar refractivity (Wildman–Crippen MR) is 85.2 cm³/mol. The number of pyridine rings is 1. The zero-order chi connectivity index (χ0) is 15.4. The first-order valence-electron chi connectivity index (χ1n) is 7.79. The third-order valence-electron chi connectivity index (χ3n) is 5.30. The fourth-order valence-electron chi connectivity index (χ4n) is 4.19. The maximum atomic E-state index is 12.5. The van der Waals surface area contributed by atoms with Gasteiger partial charge in [0.25, 0.3) is 0 Å². The minimum Gasteiger partial charge on any atom is -0.385 e. The summed E-state index contributed by atoms with van der Waals surface area (Å²) in [5, 5.41) is 12.4. The predicted octanol–water partition coefficient (Wildman–Crippen LogP) is 2.55. The van der Waals surface area contributed by atoms with Crippen molar-refractivity contribution in [2.45, 2.75) is 48.2 Å². The van der Waals surface area contributed by atoms with Crippen LogP contribution < -0.4 is 0 Å². The molecule has 0 aliphatic carbocycles. The van der Waals surface area contributed by atoms with Gasteiger partial charge in [0.2, 0.25) is 0 Å². The Morgan fingerprint density at radius 3 is 2.59 bits per heavy atom. The Hall–Kier alpha value is -1.46. The van der Waals surface area contributed by atoms with Gasteiger partial charge in [-0.15, -0.1) is 0 Å². The molecule has 0 amide bonds. The molecule has 2 aliphatic rings. The highest BCUT2D eigenvalue weighted by Gasteiger charge is 2.51. The van der Waals surface area contributed by atoms with E-state index in [2.05, 4.69) is 4.98 Å². The number of hydrogen-bond acceptors (Lipinski definition) is 4. The molecule has 4 nitrogen and oxygen atoms in total. The van der Waals surface area contributed by atoms with E-state index in [9.17, 15) is 13.5 Å². The van der Waals surface area contributed by atoms with E-state index in [0.29, 0.717) is 25.7 Å². The van der Waals surface area contributed by atoms with E-state index in [0.717, 1.165) is 22.8 Å². The summed E-state index contributed by atoms with van der Waals surface area (Å²) in [6.45, 7) is 0. The van der Waals surface area contributed by atoms with Gasteiger partial charge in [0.05, 0.1) is 16.1 Å². The molecule has 1 aromatic heterocycles. The minimum absolute atomic E-state index is 0.305. The summed E-state index contributed by atoms with van der Waals surface area (Å²) in [4.78, 5) is 4.17. The van der Waals surface area contributed by atoms with Crippen LogP contribution in [-0.2, 0) is 15.4 Å². The molecule has 0 spiro atoms. The number of fused-ring (bicyclic) bond motifs is 3. The number of benzene rings is 1. The zero-order valence-corrected chi connectivity index (χ0v) is 13.1. The van der Waals surface area contributed by atoms with Crippen molar-refractivity contribution in [1.82, 2.24) is 4.98 Å². The molecule has 2 aliphatic heterocycles. The van der Waals surface area contributed by atoms with Gasteiger partial charge in [0, 0.05) is 17.8 Å². The molecular formula is C17H19NO3S. The number of nitrogens with zero attached hydrogens (tertiary/aromatic N) is 1. The van der Waals surface area contributed by atoms with Crippen LogP contribution in [0.4, 0.5) is 0 Å². The minimum atomic E-state index is -3.07. The molecule has 2 unspecified atom stereocenters. The summed E-state index contributed by atoms with van der Waals surface area (Å²) in [7, 11) is -3.07. The second-order valence-electron chi connectivity index (χ2n) is 6.61. The van der Waals surface area contributed by atoms with Crippen molar-refractivity contribution in [2.75, 3.05) is 0 Å². The molecule has 2 saturated heterocycles. The van der Waals surface area contributed by atoms with Crippen LogP contribution in [0.3, 0.4) is 0 Å². The fraction of sp³-hybridized carbons (Fsp3) is 0.471. The topological polar surface area (TPSA) is 67.3 Å². The maximum absolute atomic E-state index is 12.5. The van der Waals surface area contributed by atoms with E-state index in [1.54, 1.807) is 12.4 Å². The second kappa shape index (κ2) is 4.77. The zero-order valence-electron chi connectivity index (χ0n) is 12.3. The Balaban J connectivity index is 1.85. The molecular weight excluding hydrogens is 298 g/mol. The van der Waals surface area contributed by atoms with Crippen molar-refractivity contribution in [3.63, 3.8) is 0 Å². The first-order valence-corrected chi connectivity index (χ1v) is 9.40. The summed E-state index contributed by atoms with van der Waals surface area (Å²) >= 11 is 0. The van der Waals surface area contributed by atoms with Crippen molar-refractivity contribution < 1.29 is 13.5 Å². The van der Waals surface area contributed by atoms with Gasteiger partial charge in [0.1, 0.15) is 0 Å². The van der Waals surface area contributed by atoms with Crippen molar-refractivity contribution in [3.05, 3.63) is 42.2 Å². The Bertz CT molecular complexity index is 805. The van der Waals surface area contributed by atoms with Gasteiger partial charge < -0.3 is 5.11 Å². The Morgan fingerprint density at radius 2 is 1.86 bits per heavy atom. The van der Waals surface area contributed by atoms with Gasteiger partial charge in [0.15, 0.2) is 9.84 Å². The molecule has 1 aromatic carbocycles. The summed E-state index contributed by atoms with van der Waals surface area (Å²) < 4.78 is 24.9. The lowest BCUT2D eigenvalue weighted by Crippen LogP contribution is -2.50. The highest BCUT2D eigenvalue weighted by atomic mass is 32.2. The van der Waals surface area contributed by atoms with Crippen LogP contribution in [0.2, 0.25) is 0 Å². The van der Waals surface area contributed by atoms with Crippen LogP contribution in [0, 0.1) is 0 Å². The Kier molecular flexibility index (Phi) is 3.07. The molecule has 4 rings (SSSR count). The van der Waals surface area contributed by atoms with Crippen molar-refractivity contribution in [3.8, 4) is 0 Å². The van der Waals surface area contributed by atoms with Crippen LogP contribution in [0.15, 0.2) is 36.7 Å². The van der Waals surface area contributed by atoms with Crippen LogP contribution >= 0.6 is 0 Å². The highest BCUT2D eigenvalue weighted by Crippen LogP contribution is 2.47. The van der Waals surface area contributed by atoms with Gasteiger partial charge in [-0.3, -0.25) is 4.98 Å². The lowest BCUT2D eigenvalue weighted by Gasteiger charge is -2.44. The maximum Gasteiger partial charge on any atom is 0.156 e. The average molecular weight is 317 g/mol. The van der Waals surface area contributed by atoms with Crippen LogP contribution in [0.1, 0.15) is 37.7 Å². The Labute approximate surface area is 130 Å². The van der Waals surface area contributed by atoms with Gasteiger partial charge in [-0.1, -0.05) is 24.6 Å². The molecule has 116 valence electrons. The van der Waals surface area contributed by atoms with E-state index >= 15 is 0 Å². The van der Waals surface area contributed by atoms with Crippen molar-refractivity contribution in [2.24, 2.45) is 0 Å². The van der Waals surface area contributed by atoms with Gasteiger partial charge in [-0.2, -0.15) is 0 Å². The summed E-state index contributed by atoms with van der Waals surface area (Å²) in [5.41, 5.74) is -0.242. The lowest BCUT2D eigenvalue weighted by molar-refractivity contribution is 0.00638. The third-order valence-corrected chi connectivity index (χ3v) is 7.96. The molecule has 2 bridgehead atoms. The number of hydrogen-bond donors (Lipinski definition) is 1. The normalized spacial score (nSPS) is 33.7. The summed E-state index contributed by atoms with van der Waals surface area (Å²) in [5.74, 6) is 0. The van der Waals surface area contributed by atoms with E-state index in [4.69, 9.17) is 0 Å². The smallest absolute Gasteiger partial charge is 0.156 e. The third kappa shape index (κ3) is 1.99. The van der Waals surface area contributed by atoms with Crippen LogP contribution in [-0.4, -0.2) is 29.0 Å². The molecule has 22 heavy (non-hydrogen) atoms. The van der Waals surface area contributed by atoms with Crippen molar-refractivity contribution in [1.29, 1.82) is 0 Å². The van der Waals surface area contributed by atoms with Gasteiger partial charge in [-0.25, -0.2) is 8.42 Å². The molecule has 0 saturated carbocycles. The van der Waals surface area contributed by atoms with Crippen molar-refractivity contribution >= 4 is 20.6 Å². The number of aromatic nitrogens is 1. The number of sulfone groups is 1. The number of aliphatic hydroxyl groups is 1. The van der Waals surface area contributed by atoms with E-state index in [-0.39, 0.29) is 0 Å². The van der Waals surface area contributed by atoms with Gasteiger partial charge in [-0.05, 0) is 42.7 Å². The molecule has 1 N–H and O–H groups in total. The Morgan fingerprint density at radius 1 is 1.14 bits per heavy atom. The van der Waals surface area contributed by atoms with Gasteiger partial charge >= 0.3 is 0 Å². The van der Waals surface area contributed by atoms with E-state index in [1.807, 2.05) is 24.3 Å². The molecule has 5 heteroatoms. The molecule has 3 heterocycles. The molecule has 2 fully saturated rings.